The number of ether oxygens (including phenoxy) is 1. The summed E-state index contributed by atoms with van der Waals surface area (Å²) in [6, 6.07) is 26.1. The van der Waals surface area contributed by atoms with E-state index in [2.05, 4.69) is 159 Å². The van der Waals surface area contributed by atoms with Gasteiger partial charge in [0.25, 0.3) is 0 Å². The minimum absolute atomic E-state index is 0.00373. The van der Waals surface area contributed by atoms with Gasteiger partial charge in [-0.25, -0.2) is 0 Å². The van der Waals surface area contributed by atoms with Gasteiger partial charge in [-0.05, 0) is 171 Å². The number of carbonyl (C=O) groups excluding carboxylic acids is 3. The highest BCUT2D eigenvalue weighted by Gasteiger charge is 2.33. The fourth-order valence-electron chi connectivity index (χ4n) is 9.99. The fraction of sp³-hybridized carbons (Fsp3) is 0.556. The van der Waals surface area contributed by atoms with E-state index in [9.17, 15) is 29.4 Å². The summed E-state index contributed by atoms with van der Waals surface area (Å²) in [6.07, 6.45) is 7.90. The lowest BCUT2D eigenvalue weighted by Gasteiger charge is -2.34. The zero-order valence-electron chi connectivity index (χ0n) is 47.4. The Balaban J connectivity index is 0.000000385. The molecule has 0 aliphatic heterocycles. The van der Waals surface area contributed by atoms with Crippen molar-refractivity contribution in [2.45, 2.75) is 210 Å². The number of aliphatic hydroxyl groups is 2. The molecule has 4 aromatic rings. The average molecular weight is 1010 g/mol. The van der Waals surface area contributed by atoms with Gasteiger partial charge in [0.2, 0.25) is 11.8 Å². The van der Waals surface area contributed by atoms with E-state index in [1.165, 1.54) is 51.6 Å². The summed E-state index contributed by atoms with van der Waals surface area (Å²) in [7, 11) is 1.36. The number of carboxylic acids is 1. The van der Waals surface area contributed by atoms with Gasteiger partial charge >= 0.3 is 11.9 Å². The van der Waals surface area contributed by atoms with Crippen LogP contribution in [0, 0.1) is 38.5 Å². The van der Waals surface area contributed by atoms with Crippen LogP contribution in [0.3, 0.4) is 0 Å². The first-order valence-electron chi connectivity index (χ1n) is 26.9. The summed E-state index contributed by atoms with van der Waals surface area (Å²) in [5, 5.41) is 35.7. The Hall–Kier alpha value is -5.32. The topological polar surface area (TPSA) is 162 Å². The van der Waals surface area contributed by atoms with Crippen LogP contribution in [0.4, 0.5) is 11.4 Å². The molecule has 10 heteroatoms. The molecular weight excluding hydrogens is 913 g/mol. The molecule has 4 aromatic carbocycles. The Kier molecular flexibility index (Phi) is 23.6. The molecule has 0 aliphatic carbocycles. The van der Waals surface area contributed by atoms with Crippen molar-refractivity contribution < 1.29 is 39.2 Å². The number of rotatable bonds is 24. The second kappa shape index (κ2) is 27.8. The van der Waals surface area contributed by atoms with E-state index in [1.54, 1.807) is 0 Å². The third-order valence-electron chi connectivity index (χ3n) is 15.5. The molecular formula is C63H92N2O8. The molecule has 0 saturated carbocycles. The maximum atomic E-state index is 12.4. The zero-order chi connectivity index (χ0) is 54.9. The van der Waals surface area contributed by atoms with E-state index in [0.29, 0.717) is 12.8 Å². The summed E-state index contributed by atoms with van der Waals surface area (Å²) in [5.74, 6) is -1.44. The number of aliphatic carboxylic acids is 1. The number of carbonyl (C=O) groups is 4. The summed E-state index contributed by atoms with van der Waals surface area (Å²) >= 11 is 0. The minimum atomic E-state index is -0.885. The van der Waals surface area contributed by atoms with E-state index in [1.807, 2.05) is 26.0 Å². The van der Waals surface area contributed by atoms with Gasteiger partial charge in [-0.15, -0.1) is 0 Å². The molecule has 4 rings (SSSR count). The molecule has 0 fully saturated rings. The molecule has 0 bridgehead atoms. The van der Waals surface area contributed by atoms with Gasteiger partial charge in [-0.1, -0.05) is 130 Å². The van der Waals surface area contributed by atoms with Gasteiger partial charge in [0, 0.05) is 47.9 Å². The first-order valence-corrected chi connectivity index (χ1v) is 26.9. The van der Waals surface area contributed by atoms with Crippen molar-refractivity contribution in [3.8, 4) is 0 Å². The van der Waals surface area contributed by atoms with Crippen LogP contribution >= 0.6 is 0 Å². The molecule has 0 spiro atoms. The van der Waals surface area contributed by atoms with Gasteiger partial charge in [0.05, 0.1) is 19.3 Å². The quantitative estimate of drug-likeness (QED) is 0.0433. The molecule has 0 aliphatic rings. The predicted molar refractivity (Wildman–Crippen MR) is 300 cm³/mol. The van der Waals surface area contributed by atoms with Crippen molar-refractivity contribution >= 4 is 35.1 Å². The zero-order valence-corrected chi connectivity index (χ0v) is 47.4. The maximum Gasteiger partial charge on any atom is 0.305 e. The van der Waals surface area contributed by atoms with E-state index in [0.717, 1.165) is 73.9 Å². The van der Waals surface area contributed by atoms with Crippen molar-refractivity contribution in [2.24, 2.45) is 10.8 Å². The van der Waals surface area contributed by atoms with Crippen molar-refractivity contribution in [1.29, 1.82) is 0 Å². The van der Waals surface area contributed by atoms with E-state index in [4.69, 9.17) is 5.11 Å². The fourth-order valence-corrected chi connectivity index (χ4v) is 9.99. The van der Waals surface area contributed by atoms with Crippen LogP contribution in [0.15, 0.2) is 72.8 Å². The van der Waals surface area contributed by atoms with Crippen molar-refractivity contribution in [2.75, 3.05) is 17.7 Å². The maximum absolute atomic E-state index is 12.4. The van der Waals surface area contributed by atoms with Crippen molar-refractivity contribution in [3.05, 3.63) is 128 Å². The summed E-state index contributed by atoms with van der Waals surface area (Å²) in [6.45, 7) is 29.7. The highest BCUT2D eigenvalue weighted by molar-refractivity contribution is 5.92. The standard InChI is InChI=1S/C32H47NO4.C31H45NO4/c1-9-32(10-2,25-16-14-24(22(3)20-25)15-19-28(34)31(5,6)7)26-17-18-27(23(4)21-26)33-29(35)12-11-13-30(36)37-8;1-8-31(9-2,24-15-13-23(21(3)19-24)14-18-27(33)30(5,6)7)25-16-17-26(22(4)20-25)32-28(34)11-10-12-29(35)36/h14,16-18,20-21,28,34H,9-13,15,19H2,1-8H3,(H,33,35);13,15-17,19-20,27,33H,8-12,14,18H2,1-7H3,(H,32,34)(H,35,36). The van der Waals surface area contributed by atoms with Crippen LogP contribution in [0.25, 0.3) is 0 Å². The number of aliphatic hydroxyl groups excluding tert-OH is 2. The molecule has 2 atom stereocenters. The molecule has 2 amide bonds. The second-order valence-electron chi connectivity index (χ2n) is 22.5. The lowest BCUT2D eigenvalue weighted by molar-refractivity contribution is -0.141. The third-order valence-corrected chi connectivity index (χ3v) is 15.5. The van der Waals surface area contributed by atoms with E-state index in [-0.39, 0.29) is 77.3 Å². The van der Waals surface area contributed by atoms with Crippen LogP contribution in [0.5, 0.6) is 0 Å². The monoisotopic (exact) mass is 1000 g/mol. The first kappa shape index (κ1) is 62.0. The van der Waals surface area contributed by atoms with Gasteiger partial charge in [0.15, 0.2) is 0 Å². The number of aryl methyl sites for hydroxylation is 6. The predicted octanol–water partition coefficient (Wildman–Crippen LogP) is 14.0. The highest BCUT2D eigenvalue weighted by Crippen LogP contribution is 2.42. The molecule has 10 nitrogen and oxygen atoms in total. The Morgan fingerprint density at radius 3 is 1.12 bits per heavy atom. The van der Waals surface area contributed by atoms with Crippen LogP contribution in [-0.2, 0) is 47.6 Å². The Morgan fingerprint density at radius 2 is 0.836 bits per heavy atom. The second-order valence-corrected chi connectivity index (χ2v) is 22.5. The Labute approximate surface area is 439 Å². The largest absolute Gasteiger partial charge is 0.481 e. The van der Waals surface area contributed by atoms with Crippen LogP contribution in [0.1, 0.15) is 202 Å². The Bertz CT molecular complexity index is 2450. The smallest absolute Gasteiger partial charge is 0.305 e. The number of benzene rings is 4. The summed E-state index contributed by atoms with van der Waals surface area (Å²) in [4.78, 5) is 46.6. The number of carboxylic acid groups (broad SMARTS) is 1. The molecule has 73 heavy (non-hydrogen) atoms. The van der Waals surface area contributed by atoms with E-state index >= 15 is 0 Å². The normalized spacial score (nSPS) is 12.8. The van der Waals surface area contributed by atoms with Crippen LogP contribution in [0.2, 0.25) is 0 Å². The number of methoxy groups -OCH3 is 1. The van der Waals surface area contributed by atoms with Crippen LogP contribution < -0.4 is 10.6 Å². The van der Waals surface area contributed by atoms with Crippen molar-refractivity contribution in [1.82, 2.24) is 0 Å². The van der Waals surface area contributed by atoms with E-state index < -0.39 is 5.97 Å². The number of anilines is 2. The van der Waals surface area contributed by atoms with Gasteiger partial charge in [-0.2, -0.15) is 0 Å². The molecule has 2 unspecified atom stereocenters. The number of esters is 1. The minimum Gasteiger partial charge on any atom is -0.481 e. The molecule has 0 aromatic heterocycles. The third kappa shape index (κ3) is 17.4. The summed E-state index contributed by atoms with van der Waals surface area (Å²) in [5.41, 5.74) is 13.2. The highest BCUT2D eigenvalue weighted by atomic mass is 16.5. The van der Waals surface area contributed by atoms with Gasteiger partial charge in [-0.3, -0.25) is 19.2 Å². The molecule has 402 valence electrons. The summed E-state index contributed by atoms with van der Waals surface area (Å²) < 4.78 is 4.64. The number of nitrogens with one attached hydrogen (secondary N) is 2. The SMILES string of the molecule is CCC(CC)(c1ccc(CCC(O)C(C)(C)C)c(C)c1)c1ccc(NC(=O)CCCC(=O)O)c(C)c1.CCC(CC)(c1ccc(CCC(O)C(C)(C)C)c(C)c1)c1ccc(NC(=O)CCCC(=O)OC)c(C)c1. The number of amides is 2. The first-order chi connectivity index (χ1) is 34.2. The van der Waals surface area contributed by atoms with Gasteiger partial charge in [0.1, 0.15) is 0 Å². The lowest BCUT2D eigenvalue weighted by Crippen LogP contribution is -2.27. The Morgan fingerprint density at radius 1 is 0.507 bits per heavy atom. The molecule has 0 heterocycles. The van der Waals surface area contributed by atoms with Crippen LogP contribution in [-0.4, -0.2) is 58.4 Å². The van der Waals surface area contributed by atoms with Crippen molar-refractivity contribution in [3.63, 3.8) is 0 Å². The average Bonchev–Trinajstić information content (AvgIpc) is 3.32. The molecule has 0 radical (unpaired) electrons. The molecule has 0 saturated heterocycles. The van der Waals surface area contributed by atoms with Gasteiger partial charge < -0.3 is 30.7 Å². The number of hydrogen-bond acceptors (Lipinski definition) is 7. The number of hydrogen-bond donors (Lipinski definition) is 5. The molecule has 5 N–H and O–H groups in total. The lowest BCUT2D eigenvalue weighted by atomic mass is 9.69.